The molecule has 1 heterocycles. The number of carbonyl (C=O) groups excluding carboxylic acids is 1. The van der Waals surface area contributed by atoms with Gasteiger partial charge in [0.25, 0.3) is 0 Å². The highest BCUT2D eigenvalue weighted by atomic mass is 35.5. The predicted octanol–water partition coefficient (Wildman–Crippen LogP) is 1.27. The predicted molar refractivity (Wildman–Crippen MR) is 52.4 cm³/mol. The second-order valence-corrected chi connectivity index (χ2v) is 3.13. The molecule has 0 fully saturated rings. The van der Waals surface area contributed by atoms with Crippen molar-refractivity contribution in [3.8, 4) is 0 Å². The lowest BCUT2D eigenvalue weighted by Gasteiger charge is -1.98. The van der Waals surface area contributed by atoms with Crippen LogP contribution < -0.4 is 5.32 Å². The number of nitrogens with one attached hydrogen (secondary N) is 1. The zero-order chi connectivity index (χ0) is 10.1. The molecule has 0 spiro atoms. The Balaban J connectivity index is 2.67. The molecule has 0 aliphatic carbocycles. The largest absolute Gasteiger partial charge is 0.343 e. The fourth-order valence-corrected chi connectivity index (χ4v) is 1.31. The van der Waals surface area contributed by atoms with E-state index in [-0.39, 0.29) is 6.03 Å². The molecule has 0 saturated carbocycles. The van der Waals surface area contributed by atoms with Crippen molar-refractivity contribution >= 4 is 28.7 Å². The smallest absolute Gasteiger partial charge is 0.339 e. The van der Waals surface area contributed by atoms with E-state index in [2.05, 4.69) is 15.6 Å². The zero-order valence-electron chi connectivity index (χ0n) is 7.36. The highest BCUT2D eigenvalue weighted by Crippen LogP contribution is 2.16. The normalized spacial score (nSPS) is 10.4. The van der Waals surface area contributed by atoms with Crippen LogP contribution in [0.5, 0.6) is 0 Å². The Labute approximate surface area is 84.7 Å². The monoisotopic (exact) mass is 210 g/mol. The van der Waals surface area contributed by atoms with Gasteiger partial charge in [-0.25, -0.2) is 4.79 Å². The number of nitrogens with zero attached hydrogens (tertiary/aromatic N) is 3. The number of rotatable bonds is 0. The molecule has 1 amide bonds. The van der Waals surface area contributed by atoms with Crippen LogP contribution in [-0.2, 0) is 0 Å². The third-order valence-electron chi connectivity index (χ3n) is 1.81. The first kappa shape index (κ1) is 8.96. The molecule has 2 aromatic rings. The van der Waals surface area contributed by atoms with Crippen molar-refractivity contribution in [2.45, 2.75) is 0 Å². The first-order valence-corrected chi connectivity index (χ1v) is 4.33. The number of hydrogen-bond acceptors (Lipinski definition) is 3. The number of halogens is 1. The molecule has 5 nitrogen and oxygen atoms in total. The van der Waals surface area contributed by atoms with Gasteiger partial charge in [-0.3, -0.25) is 0 Å². The molecule has 1 aromatic heterocycles. The molecule has 0 atom stereocenters. The molecule has 14 heavy (non-hydrogen) atoms. The van der Waals surface area contributed by atoms with Gasteiger partial charge >= 0.3 is 6.03 Å². The van der Waals surface area contributed by atoms with Gasteiger partial charge in [-0.15, -0.1) is 5.10 Å². The summed E-state index contributed by atoms with van der Waals surface area (Å²) in [4.78, 5) is 11.3. The quantitative estimate of drug-likeness (QED) is 0.713. The van der Waals surface area contributed by atoms with E-state index < -0.39 is 0 Å². The molecule has 0 unspecified atom stereocenters. The molecular weight excluding hydrogens is 204 g/mol. The Hall–Kier alpha value is -1.62. The van der Waals surface area contributed by atoms with Crippen molar-refractivity contribution in [1.29, 1.82) is 0 Å². The lowest BCUT2D eigenvalue weighted by Crippen LogP contribution is -2.25. The van der Waals surface area contributed by atoms with Gasteiger partial charge in [-0.2, -0.15) is 4.68 Å². The van der Waals surface area contributed by atoms with Crippen molar-refractivity contribution in [2.24, 2.45) is 0 Å². The highest BCUT2D eigenvalue weighted by molar-refractivity contribution is 6.31. The Kier molecular flexibility index (Phi) is 2.09. The molecule has 0 aliphatic rings. The third-order valence-corrected chi connectivity index (χ3v) is 2.05. The summed E-state index contributed by atoms with van der Waals surface area (Å²) in [5.41, 5.74) is 1.23. The van der Waals surface area contributed by atoms with Gasteiger partial charge < -0.3 is 5.32 Å². The summed E-state index contributed by atoms with van der Waals surface area (Å²) in [7, 11) is 1.53. The third kappa shape index (κ3) is 1.31. The van der Waals surface area contributed by atoms with E-state index in [1.165, 1.54) is 11.7 Å². The summed E-state index contributed by atoms with van der Waals surface area (Å²) in [6.07, 6.45) is 0. The van der Waals surface area contributed by atoms with Gasteiger partial charge in [-0.1, -0.05) is 16.8 Å². The minimum Gasteiger partial charge on any atom is -0.339 e. The molecule has 0 aliphatic heterocycles. The SMILES string of the molecule is CNC(=O)n1nnc2ccc(Cl)cc21. The molecule has 72 valence electrons. The second-order valence-electron chi connectivity index (χ2n) is 2.69. The summed E-state index contributed by atoms with van der Waals surface area (Å²) in [6, 6.07) is 4.72. The molecule has 0 radical (unpaired) electrons. The number of amides is 1. The average Bonchev–Trinajstić information content (AvgIpc) is 2.59. The first-order valence-electron chi connectivity index (χ1n) is 3.95. The number of aromatic nitrogens is 3. The Morgan fingerprint density at radius 1 is 1.57 bits per heavy atom. The van der Waals surface area contributed by atoms with Crippen molar-refractivity contribution in [2.75, 3.05) is 7.05 Å². The molecule has 0 saturated heterocycles. The standard InChI is InChI=1S/C8H7ClN4O/c1-10-8(14)13-7-4-5(9)2-3-6(7)11-12-13/h2-4H,1H3,(H,10,14). The molecule has 6 heteroatoms. The topological polar surface area (TPSA) is 59.8 Å². The number of hydrogen-bond donors (Lipinski definition) is 1. The van der Waals surface area contributed by atoms with Crippen molar-refractivity contribution < 1.29 is 4.79 Å². The van der Waals surface area contributed by atoms with Crippen molar-refractivity contribution in [1.82, 2.24) is 20.3 Å². The summed E-state index contributed by atoms with van der Waals surface area (Å²) in [5.74, 6) is 0. The highest BCUT2D eigenvalue weighted by Gasteiger charge is 2.09. The Morgan fingerprint density at radius 3 is 3.07 bits per heavy atom. The van der Waals surface area contributed by atoms with Crippen LogP contribution in [0.3, 0.4) is 0 Å². The van der Waals surface area contributed by atoms with E-state index in [0.29, 0.717) is 16.1 Å². The van der Waals surface area contributed by atoms with Gasteiger partial charge in [-0.05, 0) is 18.2 Å². The molecule has 1 N–H and O–H groups in total. The summed E-state index contributed by atoms with van der Waals surface area (Å²) < 4.78 is 1.17. The summed E-state index contributed by atoms with van der Waals surface area (Å²) in [5, 5.41) is 10.5. The fraction of sp³-hybridized carbons (Fsp3) is 0.125. The van der Waals surface area contributed by atoms with Crippen LogP contribution in [0.2, 0.25) is 5.02 Å². The van der Waals surface area contributed by atoms with Crippen LogP contribution in [0.1, 0.15) is 0 Å². The Morgan fingerprint density at radius 2 is 2.36 bits per heavy atom. The van der Waals surface area contributed by atoms with E-state index in [1.807, 2.05) is 0 Å². The molecular formula is C8H7ClN4O. The van der Waals surface area contributed by atoms with Gasteiger partial charge in [0.15, 0.2) is 0 Å². The first-order chi connectivity index (χ1) is 6.72. The van der Waals surface area contributed by atoms with Gasteiger partial charge in [0.1, 0.15) is 11.0 Å². The van der Waals surface area contributed by atoms with E-state index in [4.69, 9.17) is 11.6 Å². The number of fused-ring (bicyclic) bond motifs is 1. The minimum atomic E-state index is -0.338. The van der Waals surface area contributed by atoms with E-state index in [1.54, 1.807) is 18.2 Å². The summed E-state index contributed by atoms with van der Waals surface area (Å²) >= 11 is 5.79. The maximum Gasteiger partial charge on any atom is 0.343 e. The van der Waals surface area contributed by atoms with Crippen LogP contribution >= 0.6 is 11.6 Å². The molecule has 2 rings (SSSR count). The average molecular weight is 211 g/mol. The van der Waals surface area contributed by atoms with Crippen molar-refractivity contribution in [3.63, 3.8) is 0 Å². The van der Waals surface area contributed by atoms with Gasteiger partial charge in [0, 0.05) is 12.1 Å². The van der Waals surface area contributed by atoms with Crippen LogP contribution in [-0.4, -0.2) is 28.1 Å². The van der Waals surface area contributed by atoms with E-state index in [9.17, 15) is 4.79 Å². The lowest BCUT2D eigenvalue weighted by atomic mass is 10.3. The van der Waals surface area contributed by atoms with Crippen molar-refractivity contribution in [3.05, 3.63) is 23.2 Å². The van der Waals surface area contributed by atoms with E-state index >= 15 is 0 Å². The fourth-order valence-electron chi connectivity index (χ4n) is 1.15. The summed E-state index contributed by atoms with van der Waals surface area (Å²) in [6.45, 7) is 0. The van der Waals surface area contributed by atoms with Gasteiger partial charge in [0.05, 0.1) is 0 Å². The van der Waals surface area contributed by atoms with E-state index in [0.717, 1.165) is 0 Å². The minimum absolute atomic E-state index is 0.338. The zero-order valence-corrected chi connectivity index (χ0v) is 8.12. The lowest BCUT2D eigenvalue weighted by molar-refractivity contribution is 0.242. The second kappa shape index (κ2) is 3.26. The van der Waals surface area contributed by atoms with Crippen LogP contribution in [0.15, 0.2) is 18.2 Å². The Bertz CT molecular complexity index is 493. The van der Waals surface area contributed by atoms with Gasteiger partial charge in [0.2, 0.25) is 0 Å². The van der Waals surface area contributed by atoms with Crippen LogP contribution in [0, 0.1) is 0 Å². The number of benzene rings is 1. The van der Waals surface area contributed by atoms with Crippen LogP contribution in [0.25, 0.3) is 11.0 Å². The molecule has 0 bridgehead atoms. The number of carbonyl (C=O) groups is 1. The maximum atomic E-state index is 11.3. The molecule has 1 aromatic carbocycles. The maximum absolute atomic E-state index is 11.3. The van der Waals surface area contributed by atoms with Crippen LogP contribution in [0.4, 0.5) is 4.79 Å².